The Morgan fingerprint density at radius 2 is 2.04 bits per heavy atom. The number of benzene rings is 1. The summed E-state index contributed by atoms with van der Waals surface area (Å²) in [4.78, 5) is 17.3. The summed E-state index contributed by atoms with van der Waals surface area (Å²) in [6.45, 7) is 1.41. The lowest BCUT2D eigenvalue weighted by Crippen LogP contribution is -2.27. The van der Waals surface area contributed by atoms with Crippen molar-refractivity contribution >= 4 is 21.7 Å². The molecule has 9 nitrogen and oxygen atoms in total. The lowest BCUT2D eigenvalue weighted by atomic mass is 10.1. The Morgan fingerprint density at radius 3 is 2.62 bits per heavy atom. The van der Waals surface area contributed by atoms with Crippen LogP contribution in [0.15, 0.2) is 34.3 Å². The summed E-state index contributed by atoms with van der Waals surface area (Å²) in [5, 5.41) is 3.88. The van der Waals surface area contributed by atoms with E-state index in [0.717, 1.165) is 0 Å². The summed E-state index contributed by atoms with van der Waals surface area (Å²) in [5.74, 6) is -0.683. The van der Waals surface area contributed by atoms with Crippen molar-refractivity contribution in [2.75, 3.05) is 40.6 Å². The number of methoxy groups -OCH3 is 2. The fraction of sp³-hybridized carbons (Fsp3) is 0.500. The van der Waals surface area contributed by atoms with Crippen LogP contribution in [0.4, 0.5) is 0 Å². The minimum atomic E-state index is -3.66. The zero-order valence-electron chi connectivity index (χ0n) is 14.6. The molecule has 1 aliphatic heterocycles. The van der Waals surface area contributed by atoms with Crippen LogP contribution in [0.1, 0.15) is 12.0 Å². The van der Waals surface area contributed by atoms with Crippen LogP contribution in [0.5, 0.6) is 0 Å². The van der Waals surface area contributed by atoms with Gasteiger partial charge in [0.25, 0.3) is 0 Å². The Bertz CT molecular complexity index is 725. The molecule has 0 bridgehead atoms. The predicted octanol–water partition coefficient (Wildman–Crippen LogP) is 0.294. The maximum atomic E-state index is 12.2. The summed E-state index contributed by atoms with van der Waals surface area (Å²) in [6, 6.07) is 5.69. The predicted molar refractivity (Wildman–Crippen MR) is 92.4 cm³/mol. The van der Waals surface area contributed by atoms with Crippen molar-refractivity contribution in [3.63, 3.8) is 0 Å². The summed E-state index contributed by atoms with van der Waals surface area (Å²) in [5.41, 5.74) is 0.335. The van der Waals surface area contributed by atoms with Crippen LogP contribution in [0.3, 0.4) is 0 Å². The van der Waals surface area contributed by atoms with Crippen LogP contribution in [0.25, 0.3) is 0 Å². The lowest BCUT2D eigenvalue weighted by molar-refractivity contribution is -0.132. The zero-order valence-corrected chi connectivity index (χ0v) is 15.5. The highest BCUT2D eigenvalue weighted by atomic mass is 32.2. The van der Waals surface area contributed by atoms with Gasteiger partial charge in [-0.1, -0.05) is 17.3 Å². The smallest absolute Gasteiger partial charge is 0.360 e. The molecule has 26 heavy (non-hydrogen) atoms. The summed E-state index contributed by atoms with van der Waals surface area (Å²) in [7, 11) is -0.946. The van der Waals surface area contributed by atoms with Gasteiger partial charge in [0.05, 0.1) is 31.8 Å². The van der Waals surface area contributed by atoms with Gasteiger partial charge in [-0.05, 0) is 12.1 Å². The number of carbonyl (C=O) groups excluding carboxylic acids is 1. The van der Waals surface area contributed by atoms with Gasteiger partial charge in [0.2, 0.25) is 10.0 Å². The fourth-order valence-corrected chi connectivity index (χ4v) is 3.19. The topological polar surface area (TPSA) is 113 Å². The van der Waals surface area contributed by atoms with Crippen LogP contribution in [-0.2, 0) is 33.9 Å². The molecular formula is C16H22N2O7S. The molecule has 1 aromatic rings. The molecule has 1 N–H and O–H groups in total. The SMILES string of the molecule is COCCNS(=O)(=O)c1ccc(/C(=N\O[C@@H]2CCOC2)C(=O)OC)cc1. The van der Waals surface area contributed by atoms with E-state index in [2.05, 4.69) is 9.88 Å². The molecule has 2 rings (SSSR count). The monoisotopic (exact) mass is 386 g/mol. The Balaban J connectivity index is 2.16. The quantitative estimate of drug-likeness (QED) is 0.281. The first-order chi connectivity index (χ1) is 12.5. The molecule has 0 aliphatic carbocycles. The molecule has 1 aliphatic rings. The average Bonchev–Trinajstić information content (AvgIpc) is 3.15. The van der Waals surface area contributed by atoms with Crippen molar-refractivity contribution in [1.29, 1.82) is 0 Å². The van der Waals surface area contributed by atoms with E-state index in [0.29, 0.717) is 25.2 Å². The van der Waals surface area contributed by atoms with E-state index in [4.69, 9.17) is 19.0 Å². The molecule has 0 saturated carbocycles. The third kappa shape index (κ3) is 5.49. The molecule has 1 saturated heterocycles. The molecule has 0 spiro atoms. The standard InChI is InChI=1S/C16H22N2O7S/c1-22-10-8-17-26(20,21)14-5-3-12(4-6-14)15(16(19)23-2)18-25-13-7-9-24-11-13/h3-6,13,17H,7-11H2,1-2H3/b18-15+/t13-/m1/s1. The van der Waals surface area contributed by atoms with Gasteiger partial charge in [-0.25, -0.2) is 17.9 Å². The first-order valence-electron chi connectivity index (χ1n) is 7.97. The second-order valence-corrected chi connectivity index (χ2v) is 7.20. The largest absolute Gasteiger partial charge is 0.464 e. The molecule has 0 unspecified atom stereocenters. The molecule has 1 atom stereocenters. The summed E-state index contributed by atoms with van der Waals surface area (Å²) < 4.78 is 41.4. The summed E-state index contributed by atoms with van der Waals surface area (Å²) >= 11 is 0. The molecule has 1 aromatic carbocycles. The average molecular weight is 386 g/mol. The van der Waals surface area contributed by atoms with E-state index in [1.54, 1.807) is 0 Å². The number of hydrogen-bond acceptors (Lipinski definition) is 8. The molecule has 0 amide bonds. The molecule has 144 valence electrons. The molecule has 10 heteroatoms. The van der Waals surface area contributed by atoms with E-state index in [1.165, 1.54) is 38.5 Å². The van der Waals surface area contributed by atoms with Crippen LogP contribution >= 0.6 is 0 Å². The molecule has 1 fully saturated rings. The number of ether oxygens (including phenoxy) is 3. The van der Waals surface area contributed by atoms with Gasteiger partial charge in [0, 0.05) is 25.6 Å². The van der Waals surface area contributed by atoms with Crippen LogP contribution in [0, 0.1) is 0 Å². The highest BCUT2D eigenvalue weighted by Gasteiger charge is 2.21. The Labute approximate surface area is 152 Å². The normalized spacial score (nSPS) is 17.9. The van der Waals surface area contributed by atoms with Crippen molar-refractivity contribution in [3.05, 3.63) is 29.8 Å². The number of carbonyl (C=O) groups is 1. The summed E-state index contributed by atoms with van der Waals surface area (Å²) in [6.07, 6.45) is 0.460. The molecule has 0 radical (unpaired) electrons. The first kappa shape index (κ1) is 20.3. The Hall–Kier alpha value is -2.01. The third-order valence-electron chi connectivity index (χ3n) is 3.60. The number of esters is 1. The van der Waals surface area contributed by atoms with Crippen molar-refractivity contribution in [2.45, 2.75) is 17.4 Å². The molecule has 1 heterocycles. The number of sulfonamides is 1. The minimum absolute atomic E-state index is 0.0457. The van der Waals surface area contributed by atoms with Crippen molar-refractivity contribution < 1.29 is 32.3 Å². The van der Waals surface area contributed by atoms with Gasteiger partial charge in [-0.3, -0.25) is 0 Å². The minimum Gasteiger partial charge on any atom is -0.464 e. The van der Waals surface area contributed by atoms with E-state index in [1.807, 2.05) is 0 Å². The fourth-order valence-electron chi connectivity index (χ4n) is 2.18. The highest BCUT2D eigenvalue weighted by molar-refractivity contribution is 7.89. The molecular weight excluding hydrogens is 364 g/mol. The van der Waals surface area contributed by atoms with Gasteiger partial charge < -0.3 is 19.0 Å². The van der Waals surface area contributed by atoms with Gasteiger partial charge in [-0.15, -0.1) is 0 Å². The van der Waals surface area contributed by atoms with Gasteiger partial charge >= 0.3 is 5.97 Å². The maximum Gasteiger partial charge on any atom is 0.360 e. The molecule has 0 aromatic heterocycles. The number of nitrogens with one attached hydrogen (secondary N) is 1. The number of nitrogens with zero attached hydrogens (tertiary/aromatic N) is 1. The lowest BCUT2D eigenvalue weighted by Gasteiger charge is -2.10. The van der Waals surface area contributed by atoms with E-state index in [-0.39, 0.29) is 29.9 Å². The first-order valence-corrected chi connectivity index (χ1v) is 9.45. The van der Waals surface area contributed by atoms with Crippen molar-refractivity contribution in [3.8, 4) is 0 Å². The number of oxime groups is 1. The van der Waals surface area contributed by atoms with E-state index < -0.39 is 16.0 Å². The second-order valence-electron chi connectivity index (χ2n) is 5.44. The number of rotatable bonds is 9. The number of hydrogen-bond donors (Lipinski definition) is 1. The highest BCUT2D eigenvalue weighted by Crippen LogP contribution is 2.14. The van der Waals surface area contributed by atoms with Gasteiger partial charge in [0.15, 0.2) is 11.8 Å². The van der Waals surface area contributed by atoms with Crippen molar-refractivity contribution in [2.24, 2.45) is 5.16 Å². The van der Waals surface area contributed by atoms with E-state index >= 15 is 0 Å². The van der Waals surface area contributed by atoms with Gasteiger partial charge in [-0.2, -0.15) is 0 Å². The van der Waals surface area contributed by atoms with Crippen LogP contribution in [-0.4, -0.2) is 66.8 Å². The zero-order chi connectivity index (χ0) is 19.0. The maximum absolute atomic E-state index is 12.2. The van der Waals surface area contributed by atoms with Gasteiger partial charge in [0.1, 0.15) is 0 Å². The van der Waals surface area contributed by atoms with E-state index in [9.17, 15) is 13.2 Å². The van der Waals surface area contributed by atoms with Crippen molar-refractivity contribution in [1.82, 2.24) is 4.72 Å². The third-order valence-corrected chi connectivity index (χ3v) is 5.07. The van der Waals surface area contributed by atoms with Crippen LogP contribution in [0.2, 0.25) is 0 Å². The second kappa shape index (κ2) is 9.62. The Kier molecular flexibility index (Phi) is 7.51. The van der Waals surface area contributed by atoms with Crippen LogP contribution < -0.4 is 4.72 Å². The Morgan fingerprint density at radius 1 is 1.31 bits per heavy atom.